The van der Waals surface area contributed by atoms with Gasteiger partial charge in [0.05, 0.1) is 17.6 Å². The molecular weight excluding hydrogens is 226 g/mol. The lowest BCUT2D eigenvalue weighted by atomic mass is 10.4. The van der Waals surface area contributed by atoms with Gasteiger partial charge < -0.3 is 5.32 Å². The highest BCUT2D eigenvalue weighted by Crippen LogP contribution is 2.11. The second-order valence-electron chi connectivity index (χ2n) is 3.46. The van der Waals surface area contributed by atoms with E-state index in [9.17, 15) is 8.42 Å². The summed E-state index contributed by atoms with van der Waals surface area (Å²) in [5, 5.41) is 2.86. The molecule has 0 radical (unpaired) electrons. The van der Waals surface area contributed by atoms with Crippen molar-refractivity contribution in [3.8, 4) is 0 Å². The summed E-state index contributed by atoms with van der Waals surface area (Å²) in [6.45, 7) is 1.96. The Morgan fingerprint density at radius 1 is 1.38 bits per heavy atom. The minimum Gasteiger partial charge on any atom is -0.373 e. The van der Waals surface area contributed by atoms with Crippen molar-refractivity contribution in [1.29, 1.82) is 0 Å². The van der Waals surface area contributed by atoms with E-state index in [1.807, 2.05) is 6.92 Å². The molecule has 0 atom stereocenters. The predicted molar refractivity (Wildman–Crippen MR) is 66.1 cm³/mol. The molecule has 0 amide bonds. The van der Waals surface area contributed by atoms with E-state index in [1.165, 1.54) is 6.20 Å². The Morgan fingerprint density at radius 3 is 2.62 bits per heavy atom. The minimum atomic E-state index is -3.23. The first-order chi connectivity index (χ1) is 7.57. The van der Waals surface area contributed by atoms with Crippen molar-refractivity contribution in [3.63, 3.8) is 0 Å². The van der Waals surface area contributed by atoms with Crippen LogP contribution in [-0.2, 0) is 10.0 Å². The van der Waals surface area contributed by atoms with Gasteiger partial charge in [0, 0.05) is 7.05 Å². The monoisotopic (exact) mass is 243 g/mol. The van der Waals surface area contributed by atoms with Gasteiger partial charge in [-0.2, -0.15) is 0 Å². The third-order valence-electron chi connectivity index (χ3n) is 2.06. The van der Waals surface area contributed by atoms with Crippen molar-refractivity contribution < 1.29 is 8.42 Å². The van der Waals surface area contributed by atoms with Crippen LogP contribution in [0.5, 0.6) is 0 Å². The molecule has 1 rings (SSSR count). The third-order valence-corrected chi connectivity index (χ3v) is 3.43. The number of hydrogen-bond donors (Lipinski definition) is 2. The van der Waals surface area contributed by atoms with Gasteiger partial charge in [-0.25, -0.2) is 13.4 Å². The van der Waals surface area contributed by atoms with Crippen LogP contribution in [0.15, 0.2) is 18.3 Å². The molecule has 0 spiro atoms. The predicted octanol–water partition coefficient (Wildman–Crippen LogP) is 1.67. The molecule has 1 aromatic heterocycles. The molecule has 6 heteroatoms. The number of rotatable bonds is 6. The molecule has 0 aromatic carbocycles. The van der Waals surface area contributed by atoms with Crippen LogP contribution in [0.4, 0.5) is 11.5 Å². The standard InChI is InChI=1S/C10H17N3O2S/c1-3-4-7-16(14,15)13-9-5-6-10(11-2)12-8-9/h5-6,8,13H,3-4,7H2,1-2H3,(H,11,12). The molecule has 1 heterocycles. The maximum Gasteiger partial charge on any atom is 0.232 e. The van der Waals surface area contributed by atoms with Gasteiger partial charge in [0.15, 0.2) is 0 Å². The lowest BCUT2D eigenvalue weighted by Crippen LogP contribution is -2.16. The Bertz CT molecular complexity index is 414. The molecule has 0 aliphatic carbocycles. The summed E-state index contributed by atoms with van der Waals surface area (Å²) < 4.78 is 25.6. The maximum absolute atomic E-state index is 11.6. The SMILES string of the molecule is CCCCS(=O)(=O)Nc1ccc(NC)nc1. The van der Waals surface area contributed by atoms with Crippen molar-refractivity contribution in [2.45, 2.75) is 19.8 Å². The van der Waals surface area contributed by atoms with Gasteiger partial charge in [-0.3, -0.25) is 4.72 Å². The van der Waals surface area contributed by atoms with Crippen molar-refractivity contribution in [3.05, 3.63) is 18.3 Å². The summed E-state index contributed by atoms with van der Waals surface area (Å²) in [7, 11) is -1.47. The van der Waals surface area contributed by atoms with E-state index in [1.54, 1.807) is 19.2 Å². The summed E-state index contributed by atoms with van der Waals surface area (Å²) in [6, 6.07) is 3.40. The molecule has 90 valence electrons. The number of sulfonamides is 1. The largest absolute Gasteiger partial charge is 0.373 e. The average molecular weight is 243 g/mol. The van der Waals surface area contributed by atoms with Gasteiger partial charge in [-0.15, -0.1) is 0 Å². The van der Waals surface area contributed by atoms with E-state index < -0.39 is 10.0 Å². The van der Waals surface area contributed by atoms with E-state index in [4.69, 9.17) is 0 Å². The fourth-order valence-electron chi connectivity index (χ4n) is 1.17. The van der Waals surface area contributed by atoms with Crippen LogP contribution in [0.25, 0.3) is 0 Å². The molecule has 0 saturated carbocycles. The lowest BCUT2D eigenvalue weighted by Gasteiger charge is -2.07. The minimum absolute atomic E-state index is 0.150. The molecule has 0 aliphatic heterocycles. The molecule has 0 bridgehead atoms. The van der Waals surface area contributed by atoms with E-state index in [0.717, 1.165) is 6.42 Å². The molecule has 16 heavy (non-hydrogen) atoms. The first-order valence-electron chi connectivity index (χ1n) is 5.21. The first kappa shape index (κ1) is 12.8. The van der Waals surface area contributed by atoms with Crippen molar-refractivity contribution in [2.75, 3.05) is 22.8 Å². The van der Waals surface area contributed by atoms with Crippen LogP contribution < -0.4 is 10.0 Å². The smallest absolute Gasteiger partial charge is 0.232 e. The van der Waals surface area contributed by atoms with Crippen LogP contribution in [0.3, 0.4) is 0 Å². The first-order valence-corrected chi connectivity index (χ1v) is 6.87. The number of nitrogens with one attached hydrogen (secondary N) is 2. The average Bonchev–Trinajstić information content (AvgIpc) is 2.27. The highest BCUT2D eigenvalue weighted by Gasteiger charge is 2.09. The van der Waals surface area contributed by atoms with Crippen molar-refractivity contribution in [2.24, 2.45) is 0 Å². The van der Waals surface area contributed by atoms with E-state index in [-0.39, 0.29) is 5.75 Å². The van der Waals surface area contributed by atoms with E-state index >= 15 is 0 Å². The zero-order valence-corrected chi connectivity index (χ0v) is 10.3. The van der Waals surface area contributed by atoms with Crippen molar-refractivity contribution in [1.82, 2.24) is 4.98 Å². The number of pyridine rings is 1. The highest BCUT2D eigenvalue weighted by atomic mass is 32.2. The molecule has 0 fully saturated rings. The Labute approximate surface area is 96.3 Å². The second kappa shape index (κ2) is 5.69. The van der Waals surface area contributed by atoms with Crippen LogP contribution in [0.2, 0.25) is 0 Å². The quantitative estimate of drug-likeness (QED) is 0.797. The normalized spacial score (nSPS) is 11.1. The van der Waals surface area contributed by atoms with Gasteiger partial charge in [0.2, 0.25) is 10.0 Å². The topological polar surface area (TPSA) is 71.1 Å². The zero-order chi connectivity index (χ0) is 12.0. The number of hydrogen-bond acceptors (Lipinski definition) is 4. The maximum atomic E-state index is 11.6. The summed E-state index contributed by atoms with van der Waals surface area (Å²) in [4.78, 5) is 4.02. The number of anilines is 2. The van der Waals surface area contributed by atoms with Gasteiger partial charge in [0.1, 0.15) is 5.82 Å². The Hall–Kier alpha value is -1.30. The molecule has 1 aromatic rings. The van der Waals surface area contributed by atoms with Crippen LogP contribution >= 0.6 is 0 Å². The van der Waals surface area contributed by atoms with Crippen LogP contribution in [0, 0.1) is 0 Å². The summed E-state index contributed by atoms with van der Waals surface area (Å²) >= 11 is 0. The second-order valence-corrected chi connectivity index (χ2v) is 5.30. The van der Waals surface area contributed by atoms with E-state index in [2.05, 4.69) is 15.0 Å². The Kier molecular flexibility index (Phi) is 4.54. The van der Waals surface area contributed by atoms with Crippen LogP contribution in [0.1, 0.15) is 19.8 Å². The van der Waals surface area contributed by atoms with Gasteiger partial charge in [0.25, 0.3) is 0 Å². The van der Waals surface area contributed by atoms with Gasteiger partial charge >= 0.3 is 0 Å². The Morgan fingerprint density at radius 2 is 2.12 bits per heavy atom. The van der Waals surface area contributed by atoms with Crippen LogP contribution in [-0.4, -0.2) is 26.2 Å². The molecular formula is C10H17N3O2S. The van der Waals surface area contributed by atoms with Gasteiger partial charge in [-0.1, -0.05) is 13.3 Å². The van der Waals surface area contributed by atoms with Crippen molar-refractivity contribution >= 4 is 21.5 Å². The molecule has 0 saturated heterocycles. The summed E-state index contributed by atoms with van der Waals surface area (Å²) in [5.74, 6) is 0.855. The summed E-state index contributed by atoms with van der Waals surface area (Å²) in [6.07, 6.45) is 3.02. The number of aromatic nitrogens is 1. The molecule has 0 unspecified atom stereocenters. The highest BCUT2D eigenvalue weighted by molar-refractivity contribution is 7.92. The molecule has 2 N–H and O–H groups in total. The Balaban J connectivity index is 2.65. The molecule has 5 nitrogen and oxygen atoms in total. The van der Waals surface area contributed by atoms with E-state index in [0.29, 0.717) is 17.9 Å². The fourth-order valence-corrected chi connectivity index (χ4v) is 2.42. The van der Waals surface area contributed by atoms with Gasteiger partial charge in [-0.05, 0) is 18.6 Å². The lowest BCUT2D eigenvalue weighted by molar-refractivity contribution is 0.598. The zero-order valence-electron chi connectivity index (χ0n) is 9.53. The number of nitrogens with zero attached hydrogens (tertiary/aromatic N) is 1. The molecule has 0 aliphatic rings. The number of unbranched alkanes of at least 4 members (excludes halogenated alkanes) is 1. The fraction of sp³-hybridized carbons (Fsp3) is 0.500. The summed E-state index contributed by atoms with van der Waals surface area (Å²) in [5.41, 5.74) is 0.495. The third kappa shape index (κ3) is 4.06.